The molecule has 7 heteroatoms. The number of nitrogens with one attached hydrogen (secondary N) is 2. The molecule has 7 nitrogen and oxygen atoms in total. The van der Waals surface area contributed by atoms with Gasteiger partial charge in [-0.1, -0.05) is 30.3 Å². The van der Waals surface area contributed by atoms with E-state index in [2.05, 4.69) is 26.6 Å². The largest absolute Gasteiger partial charge is 0.490 e. The number of benzene rings is 2. The number of hydrogen-bond donors (Lipinski definition) is 3. The molecule has 0 bridgehead atoms. The Morgan fingerprint density at radius 3 is 2.64 bits per heavy atom. The van der Waals surface area contributed by atoms with E-state index in [1.54, 1.807) is 6.20 Å². The second kappa shape index (κ2) is 9.47. The summed E-state index contributed by atoms with van der Waals surface area (Å²) in [5.74, 6) is 0.872. The van der Waals surface area contributed by atoms with Crippen LogP contribution in [0.1, 0.15) is 12.8 Å². The van der Waals surface area contributed by atoms with Crippen molar-refractivity contribution in [1.29, 1.82) is 0 Å². The number of aliphatic hydroxyl groups excluding tert-OH is 1. The Balaban J connectivity index is 1.21. The van der Waals surface area contributed by atoms with Crippen molar-refractivity contribution in [3.05, 3.63) is 60.9 Å². The van der Waals surface area contributed by atoms with Crippen LogP contribution < -0.4 is 15.4 Å². The van der Waals surface area contributed by atoms with Crippen LogP contribution in [-0.4, -0.2) is 71.9 Å². The number of β-amino-alcohol motifs (C(OH)–C–C–N with tert-alkyl or cyclic N) is 1. The van der Waals surface area contributed by atoms with E-state index >= 15 is 0 Å². The lowest BCUT2D eigenvalue weighted by Crippen LogP contribution is -2.66. The number of hydrogen-bond acceptors (Lipinski definition) is 6. The van der Waals surface area contributed by atoms with Gasteiger partial charge in [-0.2, -0.15) is 0 Å². The standard InChI is InChI=1S/C26H30N4O3/c31-20(17-30-14-9-26(10-15-30)25(32)28-12-13-29-26)18-33-24-8-7-21(19-4-3-11-27-16-19)22-5-1-2-6-23(22)24/h1-8,11,16,20,29,31H,9-10,12-15,17-18H2,(H,28,32). The van der Waals surface area contributed by atoms with Crippen LogP contribution in [0, 0.1) is 0 Å². The third-order valence-electron chi connectivity index (χ3n) is 6.77. The molecule has 2 aliphatic rings. The minimum atomic E-state index is -0.607. The van der Waals surface area contributed by atoms with Gasteiger partial charge in [0.1, 0.15) is 24.0 Å². The maximum absolute atomic E-state index is 12.3. The maximum Gasteiger partial charge on any atom is 0.240 e. The summed E-state index contributed by atoms with van der Waals surface area (Å²) in [6.45, 7) is 3.81. The number of fused-ring (bicyclic) bond motifs is 1. The number of piperazine rings is 1. The number of amides is 1. The van der Waals surface area contributed by atoms with Crippen LogP contribution in [0.5, 0.6) is 5.75 Å². The molecule has 172 valence electrons. The predicted molar refractivity (Wildman–Crippen MR) is 128 cm³/mol. The third-order valence-corrected chi connectivity index (χ3v) is 6.77. The summed E-state index contributed by atoms with van der Waals surface area (Å²) in [6, 6.07) is 16.1. The molecule has 0 saturated carbocycles. The molecule has 0 aliphatic carbocycles. The van der Waals surface area contributed by atoms with Crippen LogP contribution in [0.2, 0.25) is 0 Å². The highest BCUT2D eigenvalue weighted by Gasteiger charge is 2.42. The number of ether oxygens (including phenoxy) is 1. The Bertz CT molecular complexity index is 1110. The fraction of sp³-hybridized carbons (Fsp3) is 0.385. The summed E-state index contributed by atoms with van der Waals surface area (Å²) in [5.41, 5.74) is 1.73. The molecule has 1 aromatic heterocycles. The van der Waals surface area contributed by atoms with Gasteiger partial charge in [0.2, 0.25) is 5.91 Å². The Labute approximate surface area is 193 Å². The lowest BCUT2D eigenvalue weighted by atomic mass is 9.85. The van der Waals surface area contributed by atoms with Gasteiger partial charge in [0.25, 0.3) is 0 Å². The van der Waals surface area contributed by atoms with E-state index < -0.39 is 11.6 Å². The zero-order valence-corrected chi connectivity index (χ0v) is 18.7. The first-order valence-corrected chi connectivity index (χ1v) is 11.6. The average Bonchev–Trinajstić information content (AvgIpc) is 2.86. The zero-order valence-electron chi connectivity index (χ0n) is 18.7. The van der Waals surface area contributed by atoms with Gasteiger partial charge in [-0.25, -0.2) is 0 Å². The molecular weight excluding hydrogens is 416 g/mol. The number of nitrogens with zero attached hydrogens (tertiary/aromatic N) is 2. The van der Waals surface area contributed by atoms with Gasteiger partial charge in [0, 0.05) is 56.1 Å². The van der Waals surface area contributed by atoms with Gasteiger partial charge in [0.15, 0.2) is 0 Å². The molecule has 1 spiro atoms. The van der Waals surface area contributed by atoms with Gasteiger partial charge in [-0.3, -0.25) is 9.78 Å². The summed E-state index contributed by atoms with van der Waals surface area (Å²) >= 11 is 0. The fourth-order valence-electron chi connectivity index (χ4n) is 4.96. The van der Waals surface area contributed by atoms with E-state index in [0.29, 0.717) is 13.1 Å². The highest BCUT2D eigenvalue weighted by atomic mass is 16.5. The van der Waals surface area contributed by atoms with E-state index in [0.717, 1.165) is 60.1 Å². The second-order valence-corrected chi connectivity index (χ2v) is 8.93. The number of carbonyl (C=O) groups excluding carboxylic acids is 1. The molecule has 3 aromatic rings. The first kappa shape index (κ1) is 21.8. The fourth-order valence-corrected chi connectivity index (χ4v) is 4.96. The number of piperidine rings is 1. The molecule has 3 heterocycles. The topological polar surface area (TPSA) is 86.7 Å². The molecule has 2 aromatic carbocycles. The molecule has 2 aliphatic heterocycles. The molecule has 1 atom stereocenters. The Kier molecular flexibility index (Phi) is 6.26. The van der Waals surface area contributed by atoms with E-state index in [4.69, 9.17) is 4.74 Å². The smallest absolute Gasteiger partial charge is 0.240 e. The van der Waals surface area contributed by atoms with Crippen molar-refractivity contribution in [2.45, 2.75) is 24.5 Å². The highest BCUT2D eigenvalue weighted by molar-refractivity contribution is 6.00. The van der Waals surface area contributed by atoms with E-state index in [9.17, 15) is 9.90 Å². The van der Waals surface area contributed by atoms with E-state index in [1.165, 1.54) is 0 Å². The monoisotopic (exact) mass is 446 g/mol. The Hall–Kier alpha value is -3.00. The zero-order chi connectivity index (χ0) is 22.7. The first-order chi connectivity index (χ1) is 16.1. The number of aromatic nitrogens is 1. The van der Waals surface area contributed by atoms with E-state index in [1.807, 2.05) is 48.7 Å². The van der Waals surface area contributed by atoms with Crippen LogP contribution in [0.3, 0.4) is 0 Å². The van der Waals surface area contributed by atoms with Gasteiger partial charge < -0.3 is 25.4 Å². The van der Waals surface area contributed by atoms with Crippen molar-refractivity contribution in [3.8, 4) is 16.9 Å². The summed E-state index contributed by atoms with van der Waals surface area (Å²) < 4.78 is 6.07. The molecule has 2 saturated heterocycles. The van der Waals surface area contributed by atoms with Crippen LogP contribution in [0.25, 0.3) is 21.9 Å². The van der Waals surface area contributed by atoms with Crippen molar-refractivity contribution in [3.63, 3.8) is 0 Å². The van der Waals surface area contributed by atoms with Crippen LogP contribution in [-0.2, 0) is 4.79 Å². The van der Waals surface area contributed by atoms with Crippen molar-refractivity contribution in [1.82, 2.24) is 20.5 Å². The molecule has 2 fully saturated rings. The minimum Gasteiger partial charge on any atom is -0.490 e. The van der Waals surface area contributed by atoms with Crippen molar-refractivity contribution >= 4 is 16.7 Å². The third kappa shape index (κ3) is 4.57. The molecule has 3 N–H and O–H groups in total. The predicted octanol–water partition coefficient (Wildman–Crippen LogP) is 2.20. The molecule has 1 unspecified atom stereocenters. The lowest BCUT2D eigenvalue weighted by Gasteiger charge is -2.43. The second-order valence-electron chi connectivity index (χ2n) is 8.93. The first-order valence-electron chi connectivity index (χ1n) is 11.6. The Morgan fingerprint density at radius 2 is 1.88 bits per heavy atom. The number of carbonyl (C=O) groups is 1. The number of pyridine rings is 1. The van der Waals surface area contributed by atoms with Crippen LogP contribution >= 0.6 is 0 Å². The maximum atomic E-state index is 12.3. The van der Waals surface area contributed by atoms with Gasteiger partial charge in [0.05, 0.1) is 0 Å². The van der Waals surface area contributed by atoms with Crippen LogP contribution in [0.4, 0.5) is 0 Å². The lowest BCUT2D eigenvalue weighted by molar-refractivity contribution is -0.131. The summed E-state index contributed by atoms with van der Waals surface area (Å²) in [7, 11) is 0. The van der Waals surface area contributed by atoms with E-state index in [-0.39, 0.29) is 12.5 Å². The van der Waals surface area contributed by atoms with Gasteiger partial charge >= 0.3 is 0 Å². The van der Waals surface area contributed by atoms with Gasteiger partial charge in [-0.05, 0) is 42.0 Å². The highest BCUT2D eigenvalue weighted by Crippen LogP contribution is 2.34. The Morgan fingerprint density at radius 1 is 1.06 bits per heavy atom. The number of rotatable bonds is 6. The van der Waals surface area contributed by atoms with Crippen molar-refractivity contribution in [2.24, 2.45) is 0 Å². The molecular formula is C26H30N4O3. The van der Waals surface area contributed by atoms with Gasteiger partial charge in [-0.15, -0.1) is 0 Å². The average molecular weight is 447 g/mol. The quantitative estimate of drug-likeness (QED) is 0.538. The molecule has 0 radical (unpaired) electrons. The summed E-state index contributed by atoms with van der Waals surface area (Å²) in [6.07, 6.45) is 4.54. The molecule has 1 amide bonds. The normalized spacial score (nSPS) is 19.4. The number of aliphatic hydroxyl groups is 1. The molecule has 33 heavy (non-hydrogen) atoms. The SMILES string of the molecule is O=C1NCCNC12CCN(CC(O)COc1ccc(-c3cccnc3)c3ccccc13)CC2. The number of likely N-dealkylation sites (tertiary alicyclic amines) is 1. The summed E-state index contributed by atoms with van der Waals surface area (Å²) in [4.78, 5) is 18.8. The summed E-state index contributed by atoms with van der Waals surface area (Å²) in [5, 5.41) is 19.1. The minimum absolute atomic E-state index is 0.110. The van der Waals surface area contributed by atoms with Crippen molar-refractivity contribution in [2.75, 3.05) is 39.3 Å². The molecule has 5 rings (SSSR count). The van der Waals surface area contributed by atoms with Crippen molar-refractivity contribution < 1.29 is 14.6 Å². The van der Waals surface area contributed by atoms with Crippen LogP contribution in [0.15, 0.2) is 60.9 Å².